The van der Waals surface area contributed by atoms with Crippen molar-refractivity contribution in [3.8, 4) is 6.07 Å². The van der Waals surface area contributed by atoms with E-state index in [9.17, 15) is 0 Å². The van der Waals surface area contributed by atoms with Gasteiger partial charge < -0.3 is 5.32 Å². The fourth-order valence-electron chi connectivity index (χ4n) is 0.899. The molecule has 0 aromatic carbocycles. The first kappa shape index (κ1) is 10.9. The van der Waals surface area contributed by atoms with E-state index in [1.807, 2.05) is 13.0 Å². The predicted octanol–water partition coefficient (Wildman–Crippen LogP) is -0.102. The molecule has 1 N–H and O–H groups in total. The van der Waals surface area contributed by atoms with Crippen molar-refractivity contribution in [3.05, 3.63) is 0 Å². The van der Waals surface area contributed by atoms with Crippen LogP contribution < -0.4 is 5.32 Å². The molecule has 0 saturated heterocycles. The van der Waals surface area contributed by atoms with Gasteiger partial charge in [0, 0.05) is 6.54 Å². The number of rotatable bonds is 6. The number of likely N-dealkylation sites (N-methyl/N-ethyl adjacent to an activating group) is 1. The van der Waals surface area contributed by atoms with E-state index in [-0.39, 0.29) is 0 Å². The second-order valence-corrected chi connectivity index (χ2v) is 3.43. The maximum Gasteiger partial charge on any atom is 0.210 e. The van der Waals surface area contributed by atoms with Gasteiger partial charge in [0.1, 0.15) is 0 Å². The minimum Gasteiger partial charge on any atom is -0.315 e. The van der Waals surface area contributed by atoms with Crippen molar-refractivity contribution < 1.29 is 0 Å². The molecule has 0 spiro atoms. The van der Waals surface area contributed by atoms with Crippen LogP contribution in [0.2, 0.25) is 0 Å². The van der Waals surface area contributed by atoms with Gasteiger partial charge in [-0.25, -0.2) is 4.68 Å². The molecule has 0 unspecified atom stereocenters. The lowest BCUT2D eigenvalue weighted by Gasteiger charge is -2.02. The van der Waals surface area contributed by atoms with Gasteiger partial charge in [0.25, 0.3) is 0 Å². The Morgan fingerprint density at radius 2 is 2.50 bits per heavy atom. The molecule has 0 amide bonds. The van der Waals surface area contributed by atoms with Crippen LogP contribution in [0.15, 0.2) is 5.16 Å². The Balaban J connectivity index is 2.42. The summed E-state index contributed by atoms with van der Waals surface area (Å²) in [5.41, 5.74) is 0. The van der Waals surface area contributed by atoms with Crippen LogP contribution in [0.3, 0.4) is 0 Å². The molecule has 14 heavy (non-hydrogen) atoms. The summed E-state index contributed by atoms with van der Waals surface area (Å²) in [6.07, 6.45) is 0. The first-order valence-corrected chi connectivity index (χ1v) is 5.33. The van der Waals surface area contributed by atoms with Crippen molar-refractivity contribution in [2.24, 2.45) is 0 Å². The van der Waals surface area contributed by atoms with Crippen LogP contribution in [0.25, 0.3) is 0 Å². The maximum absolute atomic E-state index is 8.41. The molecule has 0 fully saturated rings. The van der Waals surface area contributed by atoms with E-state index < -0.39 is 0 Å². The highest BCUT2D eigenvalue weighted by molar-refractivity contribution is 7.99. The molecule has 0 bridgehead atoms. The Morgan fingerprint density at radius 1 is 1.64 bits per heavy atom. The van der Waals surface area contributed by atoms with Crippen LogP contribution in [-0.4, -0.2) is 39.0 Å². The molecule has 1 heterocycles. The average molecular weight is 212 g/mol. The van der Waals surface area contributed by atoms with Gasteiger partial charge >= 0.3 is 0 Å². The lowest BCUT2D eigenvalue weighted by molar-refractivity contribution is 0.518. The number of nitrogens with zero attached hydrogens (tertiary/aromatic N) is 5. The van der Waals surface area contributed by atoms with Crippen molar-refractivity contribution in [2.45, 2.75) is 18.6 Å². The van der Waals surface area contributed by atoms with E-state index in [0.717, 1.165) is 19.6 Å². The second kappa shape index (κ2) is 6.34. The Morgan fingerprint density at radius 3 is 3.21 bits per heavy atom. The number of nitriles is 1. The number of thioether (sulfide) groups is 1. The summed E-state index contributed by atoms with van der Waals surface area (Å²) >= 11 is 1.35. The Bertz CT molecular complexity index is 303. The molecule has 6 nitrogen and oxygen atoms in total. The van der Waals surface area contributed by atoms with E-state index in [1.54, 1.807) is 4.68 Å². The summed E-state index contributed by atoms with van der Waals surface area (Å²) in [5, 5.41) is 23.5. The van der Waals surface area contributed by atoms with Crippen LogP contribution in [0, 0.1) is 11.3 Å². The van der Waals surface area contributed by atoms with E-state index in [2.05, 4.69) is 20.8 Å². The van der Waals surface area contributed by atoms with Gasteiger partial charge in [0.05, 0.1) is 18.4 Å². The van der Waals surface area contributed by atoms with E-state index in [0.29, 0.717) is 10.9 Å². The van der Waals surface area contributed by atoms with Crippen molar-refractivity contribution in [1.82, 2.24) is 25.5 Å². The summed E-state index contributed by atoms with van der Waals surface area (Å²) in [7, 11) is 0. The third-order valence-electron chi connectivity index (χ3n) is 1.52. The molecule has 1 rings (SSSR count). The summed E-state index contributed by atoms with van der Waals surface area (Å²) < 4.78 is 1.70. The normalized spacial score (nSPS) is 10.0. The molecule has 0 aliphatic carbocycles. The van der Waals surface area contributed by atoms with Crippen LogP contribution in [0.1, 0.15) is 6.92 Å². The van der Waals surface area contributed by atoms with Crippen molar-refractivity contribution >= 4 is 11.8 Å². The van der Waals surface area contributed by atoms with Gasteiger partial charge in [0.2, 0.25) is 5.16 Å². The Hall–Kier alpha value is -1.13. The molecular weight excluding hydrogens is 200 g/mol. The average Bonchev–Trinajstić information content (AvgIpc) is 2.63. The van der Waals surface area contributed by atoms with Gasteiger partial charge in [-0.15, -0.1) is 5.10 Å². The first-order chi connectivity index (χ1) is 6.88. The molecule has 0 atom stereocenters. The lowest BCUT2D eigenvalue weighted by atomic mass is 10.6. The SMILES string of the molecule is CCNCCn1nnnc1SCC#N. The number of tetrazole rings is 1. The second-order valence-electron chi connectivity index (χ2n) is 2.48. The molecule has 0 saturated carbocycles. The maximum atomic E-state index is 8.41. The predicted molar refractivity (Wildman–Crippen MR) is 52.7 cm³/mol. The number of hydrogen-bond donors (Lipinski definition) is 1. The Labute approximate surface area is 86.7 Å². The van der Waals surface area contributed by atoms with E-state index in [1.165, 1.54) is 11.8 Å². The number of hydrogen-bond acceptors (Lipinski definition) is 6. The summed E-state index contributed by atoms with van der Waals surface area (Å²) in [6.45, 7) is 4.55. The molecule has 7 heteroatoms. The monoisotopic (exact) mass is 212 g/mol. The Kier molecular flexibility index (Phi) is 4.96. The summed E-state index contributed by atoms with van der Waals surface area (Å²) in [6, 6.07) is 2.04. The largest absolute Gasteiger partial charge is 0.315 e. The van der Waals surface area contributed by atoms with Gasteiger partial charge in [-0.2, -0.15) is 5.26 Å². The van der Waals surface area contributed by atoms with Gasteiger partial charge in [0.15, 0.2) is 0 Å². The van der Waals surface area contributed by atoms with Crippen LogP contribution in [0.4, 0.5) is 0 Å². The zero-order chi connectivity index (χ0) is 10.2. The quantitative estimate of drug-likeness (QED) is 0.524. The van der Waals surface area contributed by atoms with Crippen molar-refractivity contribution in [2.75, 3.05) is 18.8 Å². The zero-order valence-electron chi connectivity index (χ0n) is 7.97. The van der Waals surface area contributed by atoms with Crippen LogP contribution in [-0.2, 0) is 6.54 Å². The molecule has 0 aliphatic heterocycles. The molecule has 1 aromatic heterocycles. The number of aromatic nitrogens is 4. The van der Waals surface area contributed by atoms with Gasteiger partial charge in [-0.1, -0.05) is 18.7 Å². The third kappa shape index (κ3) is 3.32. The fourth-order valence-corrected chi connectivity index (χ4v) is 1.46. The standard InChI is InChI=1S/C7H12N6S/c1-2-9-4-5-13-7(10-11-12-13)14-6-3-8/h9H,2,4-6H2,1H3. The topological polar surface area (TPSA) is 79.4 Å². The first-order valence-electron chi connectivity index (χ1n) is 4.35. The molecule has 0 radical (unpaired) electrons. The fraction of sp³-hybridized carbons (Fsp3) is 0.714. The summed E-state index contributed by atoms with van der Waals surface area (Å²) in [4.78, 5) is 0. The molecular formula is C7H12N6S. The van der Waals surface area contributed by atoms with E-state index >= 15 is 0 Å². The van der Waals surface area contributed by atoms with Crippen LogP contribution >= 0.6 is 11.8 Å². The highest BCUT2D eigenvalue weighted by Gasteiger charge is 2.04. The molecule has 76 valence electrons. The molecule has 0 aliphatic rings. The highest BCUT2D eigenvalue weighted by Crippen LogP contribution is 2.11. The lowest BCUT2D eigenvalue weighted by Crippen LogP contribution is -2.20. The van der Waals surface area contributed by atoms with Gasteiger partial charge in [-0.3, -0.25) is 0 Å². The zero-order valence-corrected chi connectivity index (χ0v) is 8.79. The minimum atomic E-state index is 0.377. The van der Waals surface area contributed by atoms with Crippen molar-refractivity contribution in [3.63, 3.8) is 0 Å². The smallest absolute Gasteiger partial charge is 0.210 e. The van der Waals surface area contributed by atoms with Crippen LogP contribution in [0.5, 0.6) is 0 Å². The van der Waals surface area contributed by atoms with Crippen molar-refractivity contribution in [1.29, 1.82) is 5.26 Å². The van der Waals surface area contributed by atoms with E-state index in [4.69, 9.17) is 5.26 Å². The third-order valence-corrected chi connectivity index (χ3v) is 2.34. The summed E-state index contributed by atoms with van der Waals surface area (Å²) in [5.74, 6) is 0.377. The minimum absolute atomic E-state index is 0.377. The molecule has 1 aromatic rings. The number of nitrogens with one attached hydrogen (secondary N) is 1. The van der Waals surface area contributed by atoms with Gasteiger partial charge in [-0.05, 0) is 17.0 Å². The highest BCUT2D eigenvalue weighted by atomic mass is 32.2.